The molecule has 0 bridgehead atoms. The summed E-state index contributed by atoms with van der Waals surface area (Å²) < 4.78 is 49.2. The van der Waals surface area contributed by atoms with Crippen molar-refractivity contribution in [2.24, 2.45) is 5.14 Å². The van der Waals surface area contributed by atoms with Crippen LogP contribution in [0.25, 0.3) is 0 Å². The first-order valence-electron chi connectivity index (χ1n) is 5.51. The van der Waals surface area contributed by atoms with Crippen molar-refractivity contribution in [3.63, 3.8) is 0 Å². The maximum Gasteiger partial charge on any atom is 0.276 e. The van der Waals surface area contributed by atoms with Crippen molar-refractivity contribution in [1.82, 2.24) is 18.8 Å². The fourth-order valence-electron chi connectivity index (χ4n) is 1.90. The minimum absolute atomic E-state index is 0.0506. The van der Waals surface area contributed by atoms with Crippen LogP contribution in [0, 0.1) is 6.92 Å². The SMILES string of the molecule is Cc1[nH]ncc1S(=O)(=O)N1CCN(S(N)(=O)=O)CC1. The Hall–Kier alpha value is -1.01. The molecule has 108 valence electrons. The van der Waals surface area contributed by atoms with E-state index in [1.807, 2.05) is 0 Å². The van der Waals surface area contributed by atoms with Crippen LogP contribution in [0.5, 0.6) is 0 Å². The second kappa shape index (κ2) is 4.83. The van der Waals surface area contributed by atoms with Gasteiger partial charge in [-0.05, 0) is 6.92 Å². The van der Waals surface area contributed by atoms with Crippen LogP contribution in [0.3, 0.4) is 0 Å². The van der Waals surface area contributed by atoms with Gasteiger partial charge >= 0.3 is 0 Å². The summed E-state index contributed by atoms with van der Waals surface area (Å²) >= 11 is 0. The van der Waals surface area contributed by atoms with Gasteiger partial charge in [-0.3, -0.25) is 5.10 Å². The van der Waals surface area contributed by atoms with Gasteiger partial charge in [-0.25, -0.2) is 13.6 Å². The van der Waals surface area contributed by atoms with Crippen LogP contribution in [-0.4, -0.2) is 61.8 Å². The van der Waals surface area contributed by atoms with Gasteiger partial charge in [0.2, 0.25) is 10.0 Å². The fourth-order valence-corrected chi connectivity index (χ4v) is 4.12. The zero-order valence-electron chi connectivity index (χ0n) is 10.3. The molecule has 0 radical (unpaired) electrons. The highest BCUT2D eigenvalue weighted by atomic mass is 32.2. The highest BCUT2D eigenvalue weighted by molar-refractivity contribution is 7.89. The third-order valence-electron chi connectivity index (χ3n) is 2.96. The number of H-pyrrole nitrogens is 1. The van der Waals surface area contributed by atoms with Gasteiger partial charge in [0, 0.05) is 26.2 Å². The fraction of sp³-hybridized carbons (Fsp3) is 0.625. The number of sulfonamides is 1. The summed E-state index contributed by atoms with van der Waals surface area (Å²) in [6.07, 6.45) is 1.25. The number of hydrogen-bond acceptors (Lipinski definition) is 5. The van der Waals surface area contributed by atoms with Crippen LogP contribution in [0.4, 0.5) is 0 Å². The second-order valence-electron chi connectivity index (χ2n) is 4.21. The molecule has 19 heavy (non-hydrogen) atoms. The minimum atomic E-state index is -3.76. The largest absolute Gasteiger partial charge is 0.281 e. The molecule has 1 aromatic rings. The third kappa shape index (κ3) is 2.79. The van der Waals surface area contributed by atoms with Gasteiger partial charge in [0.25, 0.3) is 10.2 Å². The second-order valence-corrected chi connectivity index (χ2v) is 7.66. The van der Waals surface area contributed by atoms with Gasteiger partial charge < -0.3 is 0 Å². The number of nitrogens with zero attached hydrogens (tertiary/aromatic N) is 3. The minimum Gasteiger partial charge on any atom is -0.281 e. The Labute approximate surface area is 111 Å². The first-order valence-corrected chi connectivity index (χ1v) is 8.45. The van der Waals surface area contributed by atoms with Crippen LogP contribution in [0.15, 0.2) is 11.1 Å². The van der Waals surface area contributed by atoms with Crippen LogP contribution in [0.2, 0.25) is 0 Å². The van der Waals surface area contributed by atoms with Crippen LogP contribution < -0.4 is 5.14 Å². The van der Waals surface area contributed by atoms with Gasteiger partial charge in [-0.1, -0.05) is 0 Å². The molecular weight excluding hydrogens is 294 g/mol. The molecule has 0 atom stereocenters. The standard InChI is InChI=1S/C8H15N5O4S2/c1-7-8(6-10-11-7)18(14,15)12-2-4-13(5-3-12)19(9,16)17/h6H,2-5H2,1H3,(H,10,11)(H2,9,16,17). The maximum absolute atomic E-state index is 12.3. The normalized spacial score (nSPS) is 19.7. The number of hydrogen-bond donors (Lipinski definition) is 2. The zero-order valence-corrected chi connectivity index (χ0v) is 11.9. The lowest BCUT2D eigenvalue weighted by Crippen LogP contribution is -2.52. The summed E-state index contributed by atoms with van der Waals surface area (Å²) in [6.45, 7) is 1.86. The first-order chi connectivity index (χ1) is 8.73. The molecule has 1 saturated heterocycles. The predicted octanol–water partition coefficient (Wildman–Crippen LogP) is -1.77. The molecule has 2 rings (SSSR count). The maximum atomic E-state index is 12.3. The molecule has 9 nitrogen and oxygen atoms in total. The Bertz CT molecular complexity index is 657. The number of nitrogens with one attached hydrogen (secondary N) is 1. The van der Waals surface area contributed by atoms with E-state index in [1.165, 1.54) is 10.5 Å². The molecule has 1 aliphatic rings. The van der Waals surface area contributed by atoms with Crippen LogP contribution >= 0.6 is 0 Å². The van der Waals surface area contributed by atoms with Gasteiger partial charge in [-0.15, -0.1) is 0 Å². The summed E-state index contributed by atoms with van der Waals surface area (Å²) in [5.74, 6) is 0. The number of aromatic amines is 1. The molecule has 0 amide bonds. The molecule has 2 heterocycles. The van der Waals surface area contributed by atoms with E-state index >= 15 is 0 Å². The van der Waals surface area contributed by atoms with E-state index in [4.69, 9.17) is 5.14 Å². The van der Waals surface area contributed by atoms with Crippen molar-refractivity contribution in [2.75, 3.05) is 26.2 Å². The van der Waals surface area contributed by atoms with Gasteiger partial charge in [-0.2, -0.15) is 22.1 Å². The smallest absolute Gasteiger partial charge is 0.276 e. The van der Waals surface area contributed by atoms with Gasteiger partial charge in [0.15, 0.2) is 0 Å². The molecule has 1 fully saturated rings. The number of piperazine rings is 1. The molecule has 1 aromatic heterocycles. The molecule has 1 aliphatic heterocycles. The highest BCUT2D eigenvalue weighted by Crippen LogP contribution is 2.19. The lowest BCUT2D eigenvalue weighted by Gasteiger charge is -2.31. The number of aryl methyl sites for hydroxylation is 1. The van der Waals surface area contributed by atoms with Crippen molar-refractivity contribution < 1.29 is 16.8 Å². The Morgan fingerprint density at radius 2 is 1.68 bits per heavy atom. The predicted molar refractivity (Wildman–Crippen MR) is 66.8 cm³/mol. The molecule has 3 N–H and O–H groups in total. The Kier molecular flexibility index (Phi) is 3.66. The van der Waals surface area contributed by atoms with Crippen LogP contribution in [-0.2, 0) is 20.2 Å². The number of rotatable bonds is 3. The van der Waals surface area contributed by atoms with E-state index < -0.39 is 20.2 Å². The molecular formula is C8H15N5O4S2. The Morgan fingerprint density at radius 3 is 2.11 bits per heavy atom. The average molecular weight is 309 g/mol. The van der Waals surface area contributed by atoms with E-state index in [9.17, 15) is 16.8 Å². The monoisotopic (exact) mass is 309 g/mol. The van der Waals surface area contributed by atoms with Crippen molar-refractivity contribution in [3.8, 4) is 0 Å². The van der Waals surface area contributed by atoms with Gasteiger partial charge in [0.1, 0.15) is 4.90 Å². The summed E-state index contributed by atoms with van der Waals surface area (Å²) in [5.41, 5.74) is 0.453. The zero-order chi connectivity index (χ0) is 14.3. The van der Waals surface area contributed by atoms with E-state index in [1.54, 1.807) is 6.92 Å². The quantitative estimate of drug-likeness (QED) is 0.682. The topological polar surface area (TPSA) is 129 Å². The van der Waals surface area contributed by atoms with Crippen LogP contribution in [0.1, 0.15) is 5.69 Å². The van der Waals surface area contributed by atoms with Gasteiger partial charge in [0.05, 0.1) is 11.9 Å². The molecule has 0 aromatic carbocycles. The highest BCUT2D eigenvalue weighted by Gasteiger charge is 2.32. The molecule has 0 aliphatic carbocycles. The van der Waals surface area contributed by atoms with Crippen molar-refractivity contribution in [1.29, 1.82) is 0 Å². The van der Waals surface area contributed by atoms with E-state index in [0.717, 1.165) is 4.31 Å². The Morgan fingerprint density at radius 1 is 1.16 bits per heavy atom. The molecule has 11 heteroatoms. The van der Waals surface area contributed by atoms with Crippen molar-refractivity contribution >= 4 is 20.2 Å². The van der Waals surface area contributed by atoms with Crippen molar-refractivity contribution in [2.45, 2.75) is 11.8 Å². The lowest BCUT2D eigenvalue weighted by molar-refractivity contribution is 0.273. The Balaban J connectivity index is 2.16. The van der Waals surface area contributed by atoms with E-state index in [2.05, 4.69) is 10.2 Å². The summed E-state index contributed by atoms with van der Waals surface area (Å²) in [6, 6.07) is 0. The number of aromatic nitrogens is 2. The van der Waals surface area contributed by atoms with E-state index in [0.29, 0.717) is 5.69 Å². The molecule has 0 saturated carbocycles. The van der Waals surface area contributed by atoms with E-state index in [-0.39, 0.29) is 31.1 Å². The molecule has 0 spiro atoms. The molecule has 0 unspecified atom stereocenters. The number of nitrogens with two attached hydrogens (primary N) is 1. The van der Waals surface area contributed by atoms with Crippen molar-refractivity contribution in [3.05, 3.63) is 11.9 Å². The first kappa shape index (κ1) is 14.4. The average Bonchev–Trinajstić information content (AvgIpc) is 2.75. The third-order valence-corrected chi connectivity index (χ3v) is 6.06. The summed E-state index contributed by atoms with van der Waals surface area (Å²) in [4.78, 5) is 0.108. The summed E-state index contributed by atoms with van der Waals surface area (Å²) in [5, 5.41) is 11.2. The lowest BCUT2D eigenvalue weighted by atomic mass is 10.4. The summed E-state index contributed by atoms with van der Waals surface area (Å²) in [7, 11) is -7.40.